The van der Waals surface area contributed by atoms with Crippen molar-refractivity contribution in [3.63, 3.8) is 0 Å². The van der Waals surface area contributed by atoms with Crippen molar-refractivity contribution in [1.29, 1.82) is 0 Å². The van der Waals surface area contributed by atoms with Crippen LogP contribution >= 0.6 is 15.6 Å². The molecule has 0 fully saturated rings. The monoisotopic (exact) mass is 1470 g/mol. The Bertz CT molecular complexity index is 1940. The lowest BCUT2D eigenvalue weighted by molar-refractivity contribution is -0.161. The van der Waals surface area contributed by atoms with Gasteiger partial charge in [-0.2, -0.15) is 0 Å². The predicted octanol–water partition coefficient (Wildman–Crippen LogP) is 24.1. The Morgan fingerprint density at radius 1 is 0.270 bits per heavy atom. The standard InChI is InChI=1S/C81H158O17P2/c1-8-9-10-11-12-31-41-48-55-62-78(83)91-68-76(98-81(86)65-58-51-44-37-30-34-40-47-54-61-74(6)7)70-95-99(87,88)93-66-75(82)67-94-100(89,90)96-71-77(69-92-79(84)63-56-49-42-35-28-24-21-17-19-23-27-33-39-46-53-60-73(4)5)97-80(85)64-57-50-43-36-29-25-20-16-14-13-15-18-22-26-32-38-45-52-59-72(2)3/h72-77,82H,8-71H2,1-7H3,(H,87,88)(H,89,90)/t75-,76+,77+/m0/s1. The Labute approximate surface area is 613 Å². The highest BCUT2D eigenvalue weighted by Gasteiger charge is 2.30. The maximum atomic E-state index is 13.1. The number of rotatable bonds is 79. The third-order valence-corrected chi connectivity index (χ3v) is 20.8. The van der Waals surface area contributed by atoms with Crippen LogP contribution in [0, 0.1) is 17.8 Å². The number of esters is 4. The van der Waals surface area contributed by atoms with Crippen molar-refractivity contribution in [2.75, 3.05) is 39.6 Å². The molecule has 594 valence electrons. The largest absolute Gasteiger partial charge is 0.472 e. The molecule has 100 heavy (non-hydrogen) atoms. The van der Waals surface area contributed by atoms with Crippen LogP contribution in [-0.4, -0.2) is 96.7 Å². The Morgan fingerprint density at radius 3 is 0.680 bits per heavy atom. The molecule has 17 nitrogen and oxygen atoms in total. The molecule has 0 rings (SSSR count). The highest BCUT2D eigenvalue weighted by Crippen LogP contribution is 2.45. The molecule has 3 N–H and O–H groups in total. The predicted molar refractivity (Wildman–Crippen MR) is 409 cm³/mol. The molecule has 0 radical (unpaired) electrons. The van der Waals surface area contributed by atoms with Gasteiger partial charge in [0.05, 0.1) is 26.4 Å². The van der Waals surface area contributed by atoms with E-state index in [1.807, 2.05) is 0 Å². The van der Waals surface area contributed by atoms with Gasteiger partial charge in [0.2, 0.25) is 0 Å². The summed E-state index contributed by atoms with van der Waals surface area (Å²) in [7, 11) is -9.92. The van der Waals surface area contributed by atoms with Gasteiger partial charge < -0.3 is 33.8 Å². The smallest absolute Gasteiger partial charge is 0.462 e. The zero-order valence-corrected chi connectivity index (χ0v) is 67.5. The number of aliphatic hydroxyl groups is 1. The summed E-state index contributed by atoms with van der Waals surface area (Å²) in [6.45, 7) is 12.0. The highest BCUT2D eigenvalue weighted by molar-refractivity contribution is 7.47. The summed E-state index contributed by atoms with van der Waals surface area (Å²) in [5.74, 6) is 0.250. The number of phosphoric acid groups is 2. The maximum Gasteiger partial charge on any atom is 0.472 e. The van der Waals surface area contributed by atoms with Gasteiger partial charge >= 0.3 is 39.5 Å². The molecule has 5 atom stereocenters. The molecule has 0 saturated heterocycles. The number of phosphoric ester groups is 2. The number of carbonyl (C=O) groups is 4. The Hall–Kier alpha value is -1.94. The molecular formula is C81H158O17P2. The van der Waals surface area contributed by atoms with Crippen LogP contribution in [0.5, 0.6) is 0 Å². The summed E-state index contributed by atoms with van der Waals surface area (Å²) in [6, 6.07) is 0. The Morgan fingerprint density at radius 2 is 0.460 bits per heavy atom. The number of hydrogen-bond donors (Lipinski definition) is 3. The summed E-state index contributed by atoms with van der Waals surface area (Å²) in [5.41, 5.74) is 0. The molecule has 0 aromatic carbocycles. The van der Waals surface area contributed by atoms with Crippen molar-refractivity contribution in [3.8, 4) is 0 Å². The maximum absolute atomic E-state index is 13.1. The molecule has 0 saturated carbocycles. The number of ether oxygens (including phenoxy) is 4. The second kappa shape index (κ2) is 71.3. The van der Waals surface area contributed by atoms with Gasteiger partial charge in [-0.1, -0.05) is 370 Å². The molecule has 0 aliphatic rings. The van der Waals surface area contributed by atoms with Crippen LogP contribution < -0.4 is 0 Å². The third kappa shape index (κ3) is 74.3. The van der Waals surface area contributed by atoms with Crippen LogP contribution in [0.1, 0.15) is 421 Å². The number of carbonyl (C=O) groups excluding carboxylic acids is 4. The SMILES string of the molecule is CCCCCCCCCCCC(=O)OC[C@H](COP(=O)(O)OC[C@H](O)COP(=O)(O)OC[C@@H](COC(=O)CCCCCCCCCCCCCCCCCC(C)C)OC(=O)CCCCCCCCCCCCCCCCCCCCC(C)C)OC(=O)CCCCCCCCCCCC(C)C. The van der Waals surface area contributed by atoms with Crippen LogP contribution in [0.25, 0.3) is 0 Å². The summed E-state index contributed by atoms with van der Waals surface area (Å²) in [6.07, 6.45) is 59.8. The number of unbranched alkanes of at least 4 members (excludes halogenated alkanes) is 47. The second-order valence-electron chi connectivity index (χ2n) is 30.6. The lowest BCUT2D eigenvalue weighted by Gasteiger charge is -2.21. The van der Waals surface area contributed by atoms with Gasteiger partial charge in [0.25, 0.3) is 0 Å². The molecule has 0 aromatic rings. The van der Waals surface area contributed by atoms with E-state index in [9.17, 15) is 43.2 Å². The Balaban J connectivity index is 5.20. The van der Waals surface area contributed by atoms with E-state index < -0.39 is 97.5 Å². The van der Waals surface area contributed by atoms with E-state index in [0.717, 1.165) is 108 Å². The minimum atomic E-state index is -4.96. The fraction of sp³-hybridized carbons (Fsp3) is 0.951. The fourth-order valence-corrected chi connectivity index (χ4v) is 14.1. The average Bonchev–Trinajstić information content (AvgIpc) is 1.00. The van der Waals surface area contributed by atoms with Gasteiger partial charge in [0, 0.05) is 25.7 Å². The van der Waals surface area contributed by atoms with Crippen LogP contribution in [0.4, 0.5) is 0 Å². The summed E-state index contributed by atoms with van der Waals surface area (Å²) < 4.78 is 68.6. The van der Waals surface area contributed by atoms with E-state index in [0.29, 0.717) is 25.7 Å². The fourth-order valence-electron chi connectivity index (χ4n) is 12.5. The van der Waals surface area contributed by atoms with Crippen molar-refractivity contribution in [3.05, 3.63) is 0 Å². The highest BCUT2D eigenvalue weighted by atomic mass is 31.2. The van der Waals surface area contributed by atoms with Crippen molar-refractivity contribution in [1.82, 2.24) is 0 Å². The minimum Gasteiger partial charge on any atom is -0.462 e. The molecule has 19 heteroatoms. The zero-order valence-electron chi connectivity index (χ0n) is 65.7. The van der Waals surface area contributed by atoms with E-state index in [2.05, 4.69) is 48.5 Å². The van der Waals surface area contributed by atoms with Crippen LogP contribution in [0.15, 0.2) is 0 Å². The van der Waals surface area contributed by atoms with Gasteiger partial charge in [-0.25, -0.2) is 9.13 Å². The van der Waals surface area contributed by atoms with Crippen molar-refractivity contribution >= 4 is 39.5 Å². The lowest BCUT2D eigenvalue weighted by Crippen LogP contribution is -2.30. The van der Waals surface area contributed by atoms with Gasteiger partial charge in [0.1, 0.15) is 19.3 Å². The van der Waals surface area contributed by atoms with Crippen LogP contribution in [0.2, 0.25) is 0 Å². The minimum absolute atomic E-state index is 0.105. The molecule has 0 aliphatic carbocycles. The van der Waals surface area contributed by atoms with E-state index in [1.54, 1.807) is 0 Å². The molecule has 0 heterocycles. The first kappa shape index (κ1) is 98.1. The summed E-state index contributed by atoms with van der Waals surface area (Å²) in [5, 5.41) is 10.6. The van der Waals surface area contributed by atoms with Crippen LogP contribution in [-0.2, 0) is 65.4 Å². The van der Waals surface area contributed by atoms with Gasteiger partial charge in [-0.3, -0.25) is 37.3 Å². The number of aliphatic hydroxyl groups excluding tert-OH is 1. The van der Waals surface area contributed by atoms with Crippen molar-refractivity contribution in [2.45, 2.75) is 439 Å². The molecular weight excluding hydrogens is 1310 g/mol. The zero-order chi connectivity index (χ0) is 73.7. The van der Waals surface area contributed by atoms with Crippen LogP contribution in [0.3, 0.4) is 0 Å². The van der Waals surface area contributed by atoms with Crippen molar-refractivity contribution < 1.29 is 80.2 Å². The summed E-state index contributed by atoms with van der Waals surface area (Å²) >= 11 is 0. The first-order valence-electron chi connectivity index (χ1n) is 41.8. The first-order chi connectivity index (χ1) is 48.2. The molecule has 2 unspecified atom stereocenters. The van der Waals surface area contributed by atoms with E-state index in [-0.39, 0.29) is 25.7 Å². The first-order valence-corrected chi connectivity index (χ1v) is 44.8. The van der Waals surface area contributed by atoms with Gasteiger partial charge in [0.15, 0.2) is 12.2 Å². The van der Waals surface area contributed by atoms with E-state index >= 15 is 0 Å². The number of hydrogen-bond acceptors (Lipinski definition) is 15. The topological polar surface area (TPSA) is 237 Å². The van der Waals surface area contributed by atoms with Crippen molar-refractivity contribution in [2.24, 2.45) is 17.8 Å². The lowest BCUT2D eigenvalue weighted by atomic mass is 10.0. The van der Waals surface area contributed by atoms with Gasteiger partial charge in [-0.15, -0.1) is 0 Å². The van der Waals surface area contributed by atoms with Gasteiger partial charge in [-0.05, 0) is 43.4 Å². The normalized spacial score (nSPS) is 14.0. The third-order valence-electron chi connectivity index (χ3n) is 18.9. The summed E-state index contributed by atoms with van der Waals surface area (Å²) in [4.78, 5) is 72.9. The van der Waals surface area contributed by atoms with E-state index in [4.69, 9.17) is 37.0 Å². The molecule has 0 amide bonds. The molecule has 0 aromatic heterocycles. The molecule has 0 bridgehead atoms. The molecule has 0 aliphatic heterocycles. The molecule has 0 spiro atoms. The Kier molecular flexibility index (Phi) is 69.9. The second-order valence-corrected chi connectivity index (χ2v) is 33.5. The average molecular weight is 1470 g/mol. The van der Waals surface area contributed by atoms with E-state index in [1.165, 1.54) is 231 Å². The quantitative estimate of drug-likeness (QED) is 0.0222.